The first-order valence-electron chi connectivity index (χ1n) is 6.89. The number of aliphatic hydroxyl groups excluding tert-OH is 1. The fourth-order valence-corrected chi connectivity index (χ4v) is 2.43. The molecule has 0 aliphatic rings. The van der Waals surface area contributed by atoms with Crippen LogP contribution in [0.25, 0.3) is 16.7 Å². The van der Waals surface area contributed by atoms with Gasteiger partial charge in [0.1, 0.15) is 12.1 Å². The number of hydrogen-bond acceptors (Lipinski definition) is 2. The molecule has 3 aromatic rings. The zero-order valence-corrected chi connectivity index (χ0v) is 12.3. The van der Waals surface area contributed by atoms with E-state index in [-0.39, 0.29) is 5.82 Å². The Morgan fingerprint density at radius 2 is 1.86 bits per heavy atom. The molecular weight excluding hydrogens is 267 g/mol. The molecule has 21 heavy (non-hydrogen) atoms. The molecule has 3 nitrogen and oxygen atoms in total. The van der Waals surface area contributed by atoms with Crippen LogP contribution >= 0.6 is 0 Å². The molecular formula is C17H17FN2O. The van der Waals surface area contributed by atoms with Crippen molar-refractivity contribution < 1.29 is 9.50 Å². The van der Waals surface area contributed by atoms with Crippen LogP contribution < -0.4 is 0 Å². The third-order valence-electron chi connectivity index (χ3n) is 3.88. The lowest BCUT2D eigenvalue weighted by Crippen LogP contribution is -1.99. The molecule has 3 rings (SSSR count). The third-order valence-corrected chi connectivity index (χ3v) is 3.88. The van der Waals surface area contributed by atoms with Crippen molar-refractivity contribution in [1.29, 1.82) is 0 Å². The molecule has 108 valence electrons. The van der Waals surface area contributed by atoms with Gasteiger partial charge in [0.25, 0.3) is 0 Å². The Morgan fingerprint density at radius 1 is 1.14 bits per heavy atom. The van der Waals surface area contributed by atoms with Crippen LogP contribution in [0.15, 0.2) is 36.7 Å². The van der Waals surface area contributed by atoms with E-state index in [1.54, 1.807) is 30.0 Å². The molecule has 0 saturated heterocycles. The lowest BCUT2D eigenvalue weighted by molar-refractivity contribution is 0.199. The molecule has 0 unspecified atom stereocenters. The minimum Gasteiger partial charge on any atom is -0.389 e. The highest BCUT2D eigenvalue weighted by Crippen LogP contribution is 2.25. The van der Waals surface area contributed by atoms with Crippen molar-refractivity contribution in [3.05, 3.63) is 59.2 Å². The molecule has 0 spiro atoms. The number of aliphatic hydroxyl groups is 1. The second-order valence-electron chi connectivity index (χ2n) is 5.43. The second-order valence-corrected chi connectivity index (χ2v) is 5.43. The smallest absolute Gasteiger partial charge is 0.147 e. The Kier molecular flexibility index (Phi) is 3.26. The van der Waals surface area contributed by atoms with Gasteiger partial charge in [-0.1, -0.05) is 6.07 Å². The Labute approximate surface area is 122 Å². The summed E-state index contributed by atoms with van der Waals surface area (Å²) in [5.41, 5.74) is 5.03. The van der Waals surface area contributed by atoms with E-state index in [1.165, 1.54) is 6.07 Å². The minimum absolute atomic E-state index is 0.370. The van der Waals surface area contributed by atoms with E-state index in [9.17, 15) is 9.50 Å². The van der Waals surface area contributed by atoms with Gasteiger partial charge in [-0.3, -0.25) is 4.57 Å². The van der Waals surface area contributed by atoms with Crippen LogP contribution in [0.1, 0.15) is 29.7 Å². The monoisotopic (exact) mass is 284 g/mol. The summed E-state index contributed by atoms with van der Waals surface area (Å²) in [4.78, 5) is 4.34. The van der Waals surface area contributed by atoms with Gasteiger partial charge in [-0.25, -0.2) is 9.37 Å². The zero-order chi connectivity index (χ0) is 15.1. The van der Waals surface area contributed by atoms with Crippen LogP contribution in [-0.4, -0.2) is 14.7 Å². The van der Waals surface area contributed by atoms with E-state index in [4.69, 9.17) is 0 Å². The first-order chi connectivity index (χ1) is 9.97. The number of aromatic nitrogens is 2. The Balaban J connectivity index is 2.19. The molecule has 0 fully saturated rings. The van der Waals surface area contributed by atoms with Crippen molar-refractivity contribution in [2.24, 2.45) is 0 Å². The molecule has 2 aromatic carbocycles. The Bertz CT molecular complexity index is 821. The fraction of sp³-hybridized carbons (Fsp3) is 0.235. The summed E-state index contributed by atoms with van der Waals surface area (Å²) in [5.74, 6) is -0.370. The van der Waals surface area contributed by atoms with E-state index in [1.807, 2.05) is 26.0 Å². The zero-order valence-electron chi connectivity index (χ0n) is 12.3. The number of nitrogens with zero attached hydrogens (tertiary/aromatic N) is 2. The van der Waals surface area contributed by atoms with Crippen molar-refractivity contribution in [1.82, 2.24) is 9.55 Å². The molecule has 0 bridgehead atoms. The maximum atomic E-state index is 14.3. The first-order valence-corrected chi connectivity index (χ1v) is 6.89. The molecule has 0 aliphatic heterocycles. The SMILES string of the molecule is Cc1cc2ncn(-c3ccc([C@@H](C)O)cc3F)c2cc1C. The van der Waals surface area contributed by atoms with Gasteiger partial charge in [0.05, 0.1) is 22.8 Å². The van der Waals surface area contributed by atoms with Gasteiger partial charge in [-0.15, -0.1) is 0 Å². The molecule has 1 atom stereocenters. The maximum Gasteiger partial charge on any atom is 0.147 e. The van der Waals surface area contributed by atoms with Crippen molar-refractivity contribution >= 4 is 11.0 Å². The van der Waals surface area contributed by atoms with Crippen LogP contribution in [0.4, 0.5) is 4.39 Å². The van der Waals surface area contributed by atoms with Gasteiger partial charge in [-0.05, 0) is 61.7 Å². The van der Waals surface area contributed by atoms with Crippen LogP contribution in [-0.2, 0) is 0 Å². The largest absolute Gasteiger partial charge is 0.389 e. The number of rotatable bonds is 2. The molecule has 0 saturated carbocycles. The first kappa shape index (κ1) is 13.8. The molecule has 1 heterocycles. The quantitative estimate of drug-likeness (QED) is 0.776. The number of hydrogen-bond donors (Lipinski definition) is 1. The van der Waals surface area contributed by atoms with Crippen LogP contribution in [0.3, 0.4) is 0 Å². The summed E-state index contributed by atoms with van der Waals surface area (Å²) in [6.45, 7) is 5.68. The summed E-state index contributed by atoms with van der Waals surface area (Å²) >= 11 is 0. The third kappa shape index (κ3) is 2.32. The van der Waals surface area contributed by atoms with Crippen molar-refractivity contribution in [2.75, 3.05) is 0 Å². The van der Waals surface area contributed by atoms with Crippen LogP contribution in [0.5, 0.6) is 0 Å². The molecule has 4 heteroatoms. The number of aryl methyl sites for hydroxylation is 2. The van der Waals surface area contributed by atoms with E-state index >= 15 is 0 Å². The van der Waals surface area contributed by atoms with Crippen molar-refractivity contribution in [2.45, 2.75) is 26.9 Å². The molecule has 1 N–H and O–H groups in total. The molecule has 0 aliphatic carbocycles. The topological polar surface area (TPSA) is 38.0 Å². The van der Waals surface area contributed by atoms with Gasteiger partial charge in [-0.2, -0.15) is 0 Å². The Morgan fingerprint density at radius 3 is 2.52 bits per heavy atom. The number of fused-ring (bicyclic) bond motifs is 1. The maximum absolute atomic E-state index is 14.3. The van der Waals surface area contributed by atoms with Gasteiger partial charge in [0, 0.05) is 0 Å². The number of benzene rings is 2. The van der Waals surface area contributed by atoms with Gasteiger partial charge in [0.15, 0.2) is 0 Å². The molecule has 1 aromatic heterocycles. The van der Waals surface area contributed by atoms with E-state index in [0.29, 0.717) is 11.3 Å². The van der Waals surface area contributed by atoms with Gasteiger partial charge >= 0.3 is 0 Å². The summed E-state index contributed by atoms with van der Waals surface area (Å²) in [7, 11) is 0. The normalized spacial score (nSPS) is 12.8. The Hall–Kier alpha value is -2.20. The molecule has 0 radical (unpaired) electrons. The van der Waals surface area contributed by atoms with Crippen LogP contribution in [0.2, 0.25) is 0 Å². The van der Waals surface area contributed by atoms with Gasteiger partial charge in [0.2, 0.25) is 0 Å². The number of imidazole rings is 1. The summed E-state index contributed by atoms with van der Waals surface area (Å²) < 4.78 is 16.1. The predicted octanol–water partition coefficient (Wildman–Crippen LogP) is 3.83. The lowest BCUT2D eigenvalue weighted by atomic mass is 10.1. The number of halogens is 1. The standard InChI is InChI=1S/C17H17FN2O/c1-10-6-15-17(7-11(10)2)20(9-19-15)16-5-4-13(12(3)21)8-14(16)18/h4-9,12,21H,1-3H3/t12-/m1/s1. The average molecular weight is 284 g/mol. The van der Waals surface area contributed by atoms with E-state index in [2.05, 4.69) is 4.98 Å². The highest BCUT2D eigenvalue weighted by atomic mass is 19.1. The minimum atomic E-state index is -0.682. The van der Waals surface area contributed by atoms with E-state index in [0.717, 1.165) is 22.2 Å². The summed E-state index contributed by atoms with van der Waals surface area (Å²) in [5, 5.41) is 9.52. The van der Waals surface area contributed by atoms with Crippen molar-refractivity contribution in [3.8, 4) is 5.69 Å². The van der Waals surface area contributed by atoms with Gasteiger partial charge < -0.3 is 5.11 Å². The fourth-order valence-electron chi connectivity index (χ4n) is 2.43. The predicted molar refractivity (Wildman–Crippen MR) is 81.1 cm³/mol. The van der Waals surface area contributed by atoms with Crippen molar-refractivity contribution in [3.63, 3.8) is 0 Å². The second kappa shape index (κ2) is 4.97. The lowest BCUT2D eigenvalue weighted by Gasteiger charge is -2.10. The highest BCUT2D eigenvalue weighted by molar-refractivity contribution is 5.79. The average Bonchev–Trinajstić information content (AvgIpc) is 2.82. The summed E-state index contributed by atoms with van der Waals surface area (Å²) in [6, 6.07) is 8.79. The summed E-state index contributed by atoms with van der Waals surface area (Å²) in [6.07, 6.45) is 0.947. The van der Waals surface area contributed by atoms with E-state index < -0.39 is 6.10 Å². The highest BCUT2D eigenvalue weighted by Gasteiger charge is 2.12. The molecule has 0 amide bonds. The van der Waals surface area contributed by atoms with Crippen LogP contribution in [0, 0.1) is 19.7 Å².